The fraction of sp³-hybridized carbons (Fsp3) is 0.278. The number of hydrogen-bond donors (Lipinski definition) is 1. The molecule has 2 aromatic carbocycles. The summed E-state index contributed by atoms with van der Waals surface area (Å²) >= 11 is 1.53. The lowest BCUT2D eigenvalue weighted by atomic mass is 10.0. The Balaban J connectivity index is 2.21. The van der Waals surface area contributed by atoms with E-state index in [0.717, 1.165) is 10.5 Å². The minimum Gasteiger partial charge on any atom is -0.345 e. The number of amides is 1. The van der Waals surface area contributed by atoms with Crippen molar-refractivity contribution in [1.29, 1.82) is 0 Å². The first kappa shape index (κ1) is 18.5. The maximum Gasteiger partial charge on any atom is 0.252 e. The second kappa shape index (κ2) is 7.85. The number of benzene rings is 2. The van der Waals surface area contributed by atoms with Crippen molar-refractivity contribution < 1.29 is 13.2 Å². The summed E-state index contributed by atoms with van der Waals surface area (Å²) in [5.41, 5.74) is 1.54. The van der Waals surface area contributed by atoms with Crippen molar-refractivity contribution in [2.45, 2.75) is 29.2 Å². The van der Waals surface area contributed by atoms with E-state index in [1.54, 1.807) is 30.3 Å². The zero-order chi connectivity index (χ0) is 17.7. The van der Waals surface area contributed by atoms with E-state index in [9.17, 15) is 13.2 Å². The summed E-state index contributed by atoms with van der Waals surface area (Å²) in [7, 11) is -3.22. The Hall–Kier alpha value is -1.79. The highest BCUT2D eigenvalue weighted by atomic mass is 32.2. The topological polar surface area (TPSA) is 63.2 Å². The van der Waals surface area contributed by atoms with Gasteiger partial charge in [0.1, 0.15) is 0 Å². The molecule has 1 atom stereocenters. The van der Waals surface area contributed by atoms with E-state index in [-0.39, 0.29) is 16.8 Å². The van der Waals surface area contributed by atoms with Crippen LogP contribution in [0.3, 0.4) is 0 Å². The number of thioether (sulfide) groups is 1. The van der Waals surface area contributed by atoms with Crippen molar-refractivity contribution in [1.82, 2.24) is 5.32 Å². The molecule has 0 saturated heterocycles. The van der Waals surface area contributed by atoms with Crippen LogP contribution in [0, 0.1) is 0 Å². The predicted molar refractivity (Wildman–Crippen MR) is 98.3 cm³/mol. The van der Waals surface area contributed by atoms with Gasteiger partial charge in [0.05, 0.1) is 16.5 Å². The molecule has 0 saturated carbocycles. The molecule has 1 amide bonds. The van der Waals surface area contributed by atoms with Gasteiger partial charge >= 0.3 is 0 Å². The summed E-state index contributed by atoms with van der Waals surface area (Å²) in [5.74, 6) is -0.126. The zero-order valence-corrected chi connectivity index (χ0v) is 15.6. The van der Waals surface area contributed by atoms with Crippen molar-refractivity contribution >= 4 is 27.5 Å². The molecule has 0 radical (unpaired) electrons. The van der Waals surface area contributed by atoms with Gasteiger partial charge in [-0.2, -0.15) is 0 Å². The van der Waals surface area contributed by atoms with Crippen LogP contribution >= 0.6 is 11.8 Å². The second-order valence-electron chi connectivity index (χ2n) is 5.48. The molecule has 4 nitrogen and oxygen atoms in total. The Labute approximate surface area is 147 Å². The van der Waals surface area contributed by atoms with E-state index in [1.165, 1.54) is 18.0 Å². The molecular formula is C18H21NO3S2. The second-order valence-corrected chi connectivity index (χ2v) is 8.34. The molecule has 0 bridgehead atoms. The highest BCUT2D eigenvalue weighted by Crippen LogP contribution is 2.23. The van der Waals surface area contributed by atoms with E-state index < -0.39 is 9.84 Å². The largest absolute Gasteiger partial charge is 0.345 e. The van der Waals surface area contributed by atoms with E-state index in [2.05, 4.69) is 5.32 Å². The molecule has 0 aliphatic carbocycles. The molecule has 0 unspecified atom stereocenters. The maximum absolute atomic E-state index is 12.6. The van der Waals surface area contributed by atoms with Crippen LogP contribution in [0.15, 0.2) is 58.3 Å². The quantitative estimate of drug-likeness (QED) is 0.795. The predicted octanol–water partition coefficient (Wildman–Crippen LogP) is 3.69. The normalized spacial score (nSPS) is 12.6. The van der Waals surface area contributed by atoms with Crippen LogP contribution in [0.2, 0.25) is 0 Å². The Morgan fingerprint density at radius 2 is 1.75 bits per heavy atom. The van der Waals surface area contributed by atoms with E-state index >= 15 is 0 Å². The Kier molecular flexibility index (Phi) is 6.07. The van der Waals surface area contributed by atoms with Crippen LogP contribution in [-0.4, -0.2) is 26.8 Å². The summed E-state index contributed by atoms with van der Waals surface area (Å²) in [6, 6.07) is 14.0. The fourth-order valence-corrected chi connectivity index (χ4v) is 3.66. The first-order chi connectivity index (χ1) is 11.4. The van der Waals surface area contributed by atoms with Gasteiger partial charge in [0.25, 0.3) is 5.91 Å². The molecule has 6 heteroatoms. The van der Waals surface area contributed by atoms with E-state index in [4.69, 9.17) is 0 Å². The van der Waals surface area contributed by atoms with Gasteiger partial charge in [0, 0.05) is 11.2 Å². The van der Waals surface area contributed by atoms with Gasteiger partial charge in [-0.05, 0) is 42.5 Å². The van der Waals surface area contributed by atoms with Gasteiger partial charge in [-0.1, -0.05) is 31.2 Å². The lowest BCUT2D eigenvalue weighted by Crippen LogP contribution is -2.28. The lowest BCUT2D eigenvalue weighted by molar-refractivity contribution is 0.0932. The summed E-state index contributed by atoms with van der Waals surface area (Å²) in [5, 5.41) is 3.03. The molecule has 0 aliphatic rings. The zero-order valence-electron chi connectivity index (χ0n) is 13.9. The molecule has 0 spiro atoms. The highest BCUT2D eigenvalue weighted by Gasteiger charge is 2.17. The van der Waals surface area contributed by atoms with E-state index in [1.807, 2.05) is 31.4 Å². The average molecular weight is 364 g/mol. The SMILES string of the molecule is CC[C@H](NC(=O)c1ccccc1SC)c1ccc(S(C)(=O)=O)cc1. The number of carbonyl (C=O) groups is 1. The Morgan fingerprint density at radius 1 is 1.12 bits per heavy atom. The summed E-state index contributed by atoms with van der Waals surface area (Å²) in [6.45, 7) is 1.98. The van der Waals surface area contributed by atoms with Gasteiger partial charge in [-0.3, -0.25) is 4.79 Å². The van der Waals surface area contributed by atoms with Crippen molar-refractivity contribution in [3.63, 3.8) is 0 Å². The van der Waals surface area contributed by atoms with Crippen LogP contribution in [0.5, 0.6) is 0 Å². The molecule has 0 heterocycles. The van der Waals surface area contributed by atoms with Gasteiger partial charge in [-0.15, -0.1) is 11.8 Å². The number of nitrogens with one attached hydrogen (secondary N) is 1. The van der Waals surface area contributed by atoms with Crippen LogP contribution < -0.4 is 5.32 Å². The standard InChI is InChI=1S/C18H21NO3S2/c1-4-16(13-9-11-14(12-10-13)24(3,21)22)19-18(20)15-7-5-6-8-17(15)23-2/h5-12,16H,4H2,1-3H3,(H,19,20)/t16-/m0/s1. The van der Waals surface area contributed by atoms with Crippen molar-refractivity contribution in [3.05, 3.63) is 59.7 Å². The average Bonchev–Trinajstić information content (AvgIpc) is 2.58. The Morgan fingerprint density at radius 3 is 2.29 bits per heavy atom. The first-order valence-electron chi connectivity index (χ1n) is 7.60. The fourth-order valence-electron chi connectivity index (χ4n) is 2.44. The number of sulfone groups is 1. The van der Waals surface area contributed by atoms with Crippen LogP contribution in [0.1, 0.15) is 35.3 Å². The molecular weight excluding hydrogens is 342 g/mol. The summed E-state index contributed by atoms with van der Waals surface area (Å²) < 4.78 is 23.1. The summed E-state index contributed by atoms with van der Waals surface area (Å²) in [4.78, 5) is 13.8. The first-order valence-corrected chi connectivity index (χ1v) is 10.7. The van der Waals surface area contributed by atoms with E-state index in [0.29, 0.717) is 12.0 Å². The molecule has 0 aromatic heterocycles. The third-order valence-electron chi connectivity index (χ3n) is 3.78. The molecule has 2 rings (SSSR count). The summed E-state index contributed by atoms with van der Waals surface area (Å²) in [6.07, 6.45) is 3.83. The minimum absolute atomic E-state index is 0.126. The van der Waals surface area contributed by atoms with Crippen LogP contribution in [0.4, 0.5) is 0 Å². The smallest absolute Gasteiger partial charge is 0.252 e. The van der Waals surface area contributed by atoms with Gasteiger partial charge in [-0.25, -0.2) is 8.42 Å². The Bertz CT molecular complexity index is 814. The molecule has 0 fully saturated rings. The van der Waals surface area contributed by atoms with Crippen molar-refractivity contribution in [2.75, 3.05) is 12.5 Å². The van der Waals surface area contributed by atoms with Crippen molar-refractivity contribution in [2.24, 2.45) is 0 Å². The number of carbonyl (C=O) groups excluding carboxylic acids is 1. The minimum atomic E-state index is -3.22. The van der Waals surface area contributed by atoms with Crippen LogP contribution in [0.25, 0.3) is 0 Å². The molecule has 2 aromatic rings. The van der Waals surface area contributed by atoms with Gasteiger partial charge in [0.2, 0.25) is 0 Å². The third-order valence-corrected chi connectivity index (χ3v) is 5.70. The van der Waals surface area contributed by atoms with Crippen molar-refractivity contribution in [3.8, 4) is 0 Å². The monoisotopic (exact) mass is 363 g/mol. The highest BCUT2D eigenvalue weighted by molar-refractivity contribution is 7.98. The van der Waals surface area contributed by atoms with Crippen LogP contribution in [-0.2, 0) is 9.84 Å². The number of rotatable bonds is 6. The van der Waals surface area contributed by atoms with Gasteiger partial charge in [0.15, 0.2) is 9.84 Å². The van der Waals surface area contributed by atoms with Gasteiger partial charge < -0.3 is 5.32 Å². The third kappa shape index (κ3) is 4.39. The molecule has 128 valence electrons. The molecule has 0 aliphatic heterocycles. The number of hydrogen-bond acceptors (Lipinski definition) is 4. The molecule has 24 heavy (non-hydrogen) atoms. The molecule has 1 N–H and O–H groups in total. The lowest BCUT2D eigenvalue weighted by Gasteiger charge is -2.18. The maximum atomic E-state index is 12.6.